The fourth-order valence-corrected chi connectivity index (χ4v) is 4.96. The van der Waals surface area contributed by atoms with Gasteiger partial charge in [-0.1, -0.05) is 140 Å². The summed E-state index contributed by atoms with van der Waals surface area (Å²) in [6.45, 7) is 23.1. The largest absolute Gasteiger partial charge is 0.299 e. The van der Waals surface area contributed by atoms with Gasteiger partial charge in [0.05, 0.1) is 5.69 Å². The van der Waals surface area contributed by atoms with Crippen molar-refractivity contribution in [1.82, 2.24) is 9.55 Å². The van der Waals surface area contributed by atoms with Crippen molar-refractivity contribution in [3.63, 3.8) is 0 Å². The first-order valence-electron chi connectivity index (χ1n) is 15.5. The zero-order valence-electron chi connectivity index (χ0n) is 27.1. The van der Waals surface area contributed by atoms with E-state index in [1.165, 1.54) is 44.6 Å². The van der Waals surface area contributed by atoms with Crippen LogP contribution in [0.15, 0.2) is 123 Å². The third-order valence-corrected chi connectivity index (χ3v) is 7.20. The van der Waals surface area contributed by atoms with Crippen molar-refractivity contribution >= 4 is 0 Å². The minimum atomic E-state index is 0.414. The van der Waals surface area contributed by atoms with Crippen LogP contribution in [0.4, 0.5) is 0 Å². The molecule has 0 saturated carbocycles. The topological polar surface area (TPSA) is 17.8 Å². The Morgan fingerprint density at radius 2 is 1.14 bits per heavy atom. The molecule has 1 aromatic heterocycles. The highest BCUT2D eigenvalue weighted by molar-refractivity contribution is 5.87. The fraction of sp³-hybridized carbons (Fsp3) is 0.275. The highest BCUT2D eigenvalue weighted by atomic mass is 15.1. The number of rotatable bonds is 7. The van der Waals surface area contributed by atoms with Gasteiger partial charge >= 0.3 is 0 Å². The molecule has 0 bridgehead atoms. The summed E-state index contributed by atoms with van der Waals surface area (Å²) in [6, 6.07) is 35.0. The lowest BCUT2D eigenvalue weighted by Gasteiger charge is -2.22. The summed E-state index contributed by atoms with van der Waals surface area (Å²) in [4.78, 5) is 4.93. The van der Waals surface area contributed by atoms with Gasteiger partial charge < -0.3 is 0 Å². The van der Waals surface area contributed by atoms with Crippen molar-refractivity contribution in [2.24, 2.45) is 0 Å². The van der Waals surface area contributed by atoms with Gasteiger partial charge in [-0.25, -0.2) is 4.98 Å². The van der Waals surface area contributed by atoms with Crippen LogP contribution in [-0.4, -0.2) is 9.55 Å². The highest BCUT2D eigenvalue weighted by Gasteiger charge is 2.21. The van der Waals surface area contributed by atoms with E-state index in [1.807, 2.05) is 33.9 Å². The van der Waals surface area contributed by atoms with Crippen LogP contribution in [0.3, 0.4) is 0 Å². The Balaban J connectivity index is 0.000000966. The van der Waals surface area contributed by atoms with Gasteiger partial charge in [0.2, 0.25) is 0 Å². The summed E-state index contributed by atoms with van der Waals surface area (Å²) in [5, 5.41) is 0. The standard InChI is InChI=1S/C34H34N2.2C2H6.C2H4/c1-5-25(4)29-18-12-13-19-30(29)34-35-20-21-36(34)33-31(26-14-8-6-9-15-26)22-28(24(2)3)23-32(33)27-16-10-7-11-17-27;3*1-2/h6-25H,5H2,1-4H3;2*1-2H3;1-2H2. The molecule has 0 amide bonds. The Bertz CT molecular complexity index is 1400. The average Bonchev–Trinajstić information content (AvgIpc) is 3.57. The molecule has 0 aliphatic heterocycles. The fourth-order valence-electron chi connectivity index (χ4n) is 4.96. The van der Waals surface area contributed by atoms with Crippen molar-refractivity contribution < 1.29 is 0 Å². The summed E-state index contributed by atoms with van der Waals surface area (Å²) in [5.41, 5.74) is 9.91. The van der Waals surface area contributed by atoms with E-state index >= 15 is 0 Å². The first kappa shape index (κ1) is 34.0. The van der Waals surface area contributed by atoms with Crippen LogP contribution in [0, 0.1) is 0 Å². The van der Waals surface area contributed by atoms with Gasteiger partial charge in [0.25, 0.3) is 0 Å². The van der Waals surface area contributed by atoms with Crippen LogP contribution in [0.1, 0.15) is 84.8 Å². The number of hydrogen-bond donors (Lipinski definition) is 0. The van der Waals surface area contributed by atoms with E-state index in [0.717, 1.165) is 12.2 Å². The van der Waals surface area contributed by atoms with Gasteiger partial charge in [0, 0.05) is 29.1 Å². The molecule has 0 radical (unpaired) electrons. The van der Waals surface area contributed by atoms with Gasteiger partial charge in [-0.3, -0.25) is 4.57 Å². The van der Waals surface area contributed by atoms with Crippen molar-refractivity contribution in [1.29, 1.82) is 0 Å². The van der Waals surface area contributed by atoms with Crippen LogP contribution in [-0.2, 0) is 0 Å². The summed E-state index contributed by atoms with van der Waals surface area (Å²) in [5.74, 6) is 1.85. The van der Waals surface area contributed by atoms with Crippen molar-refractivity contribution in [3.05, 3.63) is 134 Å². The quantitative estimate of drug-likeness (QED) is 0.182. The molecule has 0 spiro atoms. The lowest BCUT2D eigenvalue weighted by atomic mass is 9.89. The van der Waals surface area contributed by atoms with E-state index < -0.39 is 0 Å². The lowest BCUT2D eigenvalue weighted by Crippen LogP contribution is -2.05. The second-order valence-electron chi connectivity index (χ2n) is 9.87. The Labute approximate surface area is 255 Å². The third kappa shape index (κ3) is 7.76. The van der Waals surface area contributed by atoms with Crippen LogP contribution >= 0.6 is 0 Å². The van der Waals surface area contributed by atoms with Crippen LogP contribution in [0.2, 0.25) is 0 Å². The van der Waals surface area contributed by atoms with E-state index in [0.29, 0.717) is 11.8 Å². The van der Waals surface area contributed by atoms with E-state index in [4.69, 9.17) is 4.98 Å². The number of aromatic nitrogens is 2. The normalized spacial score (nSPS) is 10.8. The Kier molecular flexibility index (Phi) is 14.3. The van der Waals surface area contributed by atoms with Gasteiger partial charge in [0.1, 0.15) is 5.82 Å². The SMILES string of the molecule is C=C.CC.CC.CCC(C)c1ccccc1-c1nccn1-c1c(-c2ccccc2)cc(C(C)C)cc1-c1ccccc1. The maximum absolute atomic E-state index is 4.93. The number of benzene rings is 4. The molecule has 0 fully saturated rings. The molecule has 220 valence electrons. The monoisotopic (exact) mass is 558 g/mol. The Morgan fingerprint density at radius 3 is 1.62 bits per heavy atom. The Hall–Kier alpha value is -4.17. The summed E-state index contributed by atoms with van der Waals surface area (Å²) >= 11 is 0. The van der Waals surface area contributed by atoms with Crippen LogP contribution in [0.5, 0.6) is 0 Å². The third-order valence-electron chi connectivity index (χ3n) is 7.20. The lowest BCUT2D eigenvalue weighted by molar-refractivity contribution is 0.734. The molecule has 5 rings (SSSR count). The second-order valence-corrected chi connectivity index (χ2v) is 9.87. The predicted octanol–water partition coefficient (Wildman–Crippen LogP) is 12.4. The van der Waals surface area contributed by atoms with Gasteiger partial charge in [0.15, 0.2) is 0 Å². The van der Waals surface area contributed by atoms with E-state index in [2.05, 4.69) is 149 Å². The minimum Gasteiger partial charge on any atom is -0.299 e. The van der Waals surface area contributed by atoms with Crippen molar-refractivity contribution in [2.45, 2.75) is 73.6 Å². The Morgan fingerprint density at radius 1 is 0.667 bits per heavy atom. The second kappa shape index (κ2) is 17.6. The first-order chi connectivity index (χ1) is 20.6. The van der Waals surface area contributed by atoms with E-state index in [9.17, 15) is 0 Å². The molecule has 4 aromatic carbocycles. The van der Waals surface area contributed by atoms with E-state index in [1.54, 1.807) is 0 Å². The molecular weight excluding hydrogens is 508 g/mol. The predicted molar refractivity (Wildman–Crippen MR) is 187 cm³/mol. The molecule has 0 saturated heterocycles. The van der Waals surface area contributed by atoms with Crippen LogP contribution < -0.4 is 0 Å². The number of nitrogens with zero attached hydrogens (tertiary/aromatic N) is 2. The zero-order chi connectivity index (χ0) is 31.1. The molecular formula is C40H50N2. The molecule has 2 heteroatoms. The molecule has 1 atom stereocenters. The summed E-state index contributed by atoms with van der Waals surface area (Å²) in [7, 11) is 0. The molecule has 0 aliphatic rings. The van der Waals surface area contributed by atoms with Gasteiger partial charge in [-0.15, -0.1) is 13.2 Å². The van der Waals surface area contributed by atoms with Crippen molar-refractivity contribution in [2.75, 3.05) is 0 Å². The smallest absolute Gasteiger partial charge is 0.144 e. The number of imidazole rings is 1. The van der Waals surface area contributed by atoms with Crippen molar-refractivity contribution in [3.8, 4) is 39.3 Å². The van der Waals surface area contributed by atoms with Crippen LogP contribution in [0.25, 0.3) is 39.3 Å². The average molecular weight is 559 g/mol. The zero-order valence-corrected chi connectivity index (χ0v) is 27.1. The molecule has 0 aliphatic carbocycles. The summed E-state index contributed by atoms with van der Waals surface area (Å²) in [6.07, 6.45) is 5.14. The highest BCUT2D eigenvalue weighted by Crippen LogP contribution is 2.41. The molecule has 42 heavy (non-hydrogen) atoms. The van der Waals surface area contributed by atoms with Gasteiger partial charge in [-0.2, -0.15) is 0 Å². The minimum absolute atomic E-state index is 0.414. The summed E-state index contributed by atoms with van der Waals surface area (Å²) < 4.78 is 2.30. The molecule has 1 heterocycles. The molecule has 2 nitrogen and oxygen atoms in total. The van der Waals surface area contributed by atoms with E-state index in [-0.39, 0.29) is 0 Å². The number of hydrogen-bond acceptors (Lipinski definition) is 1. The van der Waals surface area contributed by atoms with Gasteiger partial charge in [-0.05, 0) is 52.6 Å². The maximum Gasteiger partial charge on any atom is 0.144 e. The molecule has 0 N–H and O–H groups in total. The molecule has 1 unspecified atom stereocenters. The molecule has 5 aromatic rings. The first-order valence-corrected chi connectivity index (χ1v) is 15.5. The maximum atomic E-state index is 4.93.